The summed E-state index contributed by atoms with van der Waals surface area (Å²) in [4.78, 5) is 72.2. The first-order valence-corrected chi connectivity index (χ1v) is 36.4. The van der Waals surface area contributed by atoms with E-state index in [1.165, 1.54) is 109 Å². The van der Waals surface area contributed by atoms with Crippen LogP contribution in [0.1, 0.15) is 312 Å². The molecule has 6 atom stereocenters. The van der Waals surface area contributed by atoms with E-state index in [2.05, 4.69) is 48.5 Å². The average Bonchev–Trinajstić information content (AvgIpc) is 3.45. The maximum atomic E-state index is 13.0. The molecule has 0 aliphatic heterocycles. The molecular formula is C64H124O17P2. The van der Waals surface area contributed by atoms with Gasteiger partial charge in [-0.15, -0.1) is 0 Å². The lowest BCUT2D eigenvalue weighted by Gasteiger charge is -2.21. The molecule has 0 spiro atoms. The van der Waals surface area contributed by atoms with E-state index in [4.69, 9.17) is 37.0 Å². The Morgan fingerprint density at radius 3 is 0.916 bits per heavy atom. The molecule has 492 valence electrons. The van der Waals surface area contributed by atoms with Gasteiger partial charge in [-0.2, -0.15) is 0 Å². The highest BCUT2D eigenvalue weighted by Crippen LogP contribution is 2.45. The Kier molecular flexibility index (Phi) is 54.1. The van der Waals surface area contributed by atoms with Gasteiger partial charge < -0.3 is 33.8 Å². The van der Waals surface area contributed by atoms with Crippen molar-refractivity contribution in [3.8, 4) is 0 Å². The van der Waals surface area contributed by atoms with Gasteiger partial charge in [0.25, 0.3) is 0 Å². The number of hydrogen-bond acceptors (Lipinski definition) is 15. The molecule has 0 heterocycles. The lowest BCUT2D eigenvalue weighted by molar-refractivity contribution is -0.161. The topological polar surface area (TPSA) is 237 Å². The average molecular weight is 1230 g/mol. The normalized spacial score (nSPS) is 14.7. The van der Waals surface area contributed by atoms with Crippen LogP contribution in [0.3, 0.4) is 0 Å². The van der Waals surface area contributed by atoms with Crippen molar-refractivity contribution < 1.29 is 80.2 Å². The Morgan fingerprint density at radius 2 is 0.614 bits per heavy atom. The molecule has 0 fully saturated rings. The second-order valence-electron chi connectivity index (χ2n) is 24.3. The van der Waals surface area contributed by atoms with Crippen molar-refractivity contribution in [1.29, 1.82) is 0 Å². The van der Waals surface area contributed by atoms with Gasteiger partial charge in [0.05, 0.1) is 26.4 Å². The summed E-state index contributed by atoms with van der Waals surface area (Å²) in [7, 11) is -9.89. The van der Waals surface area contributed by atoms with Gasteiger partial charge in [-0.3, -0.25) is 37.3 Å². The number of aliphatic hydroxyl groups excluding tert-OH is 1. The number of phosphoric ester groups is 2. The summed E-state index contributed by atoms with van der Waals surface area (Å²) < 4.78 is 68.0. The van der Waals surface area contributed by atoms with Crippen molar-refractivity contribution in [2.45, 2.75) is 330 Å². The molecule has 0 aromatic heterocycles. The van der Waals surface area contributed by atoms with Gasteiger partial charge in [0.2, 0.25) is 0 Å². The fourth-order valence-electron chi connectivity index (χ4n) is 9.45. The van der Waals surface area contributed by atoms with Gasteiger partial charge in [-0.25, -0.2) is 9.13 Å². The molecule has 0 amide bonds. The number of carbonyl (C=O) groups is 4. The van der Waals surface area contributed by atoms with E-state index in [0.29, 0.717) is 37.5 Å². The zero-order valence-corrected chi connectivity index (χ0v) is 55.4. The Hall–Kier alpha value is -1.94. The predicted molar refractivity (Wildman–Crippen MR) is 331 cm³/mol. The van der Waals surface area contributed by atoms with Gasteiger partial charge in [0.15, 0.2) is 12.2 Å². The number of aliphatic hydroxyl groups is 1. The number of esters is 4. The van der Waals surface area contributed by atoms with E-state index in [0.717, 1.165) is 109 Å². The summed E-state index contributed by atoms with van der Waals surface area (Å²) in [5, 5.41) is 10.5. The van der Waals surface area contributed by atoms with E-state index < -0.39 is 97.5 Å². The smallest absolute Gasteiger partial charge is 0.462 e. The number of ether oxygens (including phenoxy) is 4. The monoisotopic (exact) mass is 1230 g/mol. The van der Waals surface area contributed by atoms with Crippen LogP contribution in [0.5, 0.6) is 0 Å². The molecule has 0 saturated heterocycles. The van der Waals surface area contributed by atoms with Crippen LogP contribution in [0.15, 0.2) is 0 Å². The largest absolute Gasteiger partial charge is 0.472 e. The summed E-state index contributed by atoms with van der Waals surface area (Å²) in [5.74, 6) is 0.0498. The van der Waals surface area contributed by atoms with E-state index in [-0.39, 0.29) is 25.7 Å². The lowest BCUT2D eigenvalue weighted by atomic mass is 9.99. The second-order valence-corrected chi connectivity index (χ2v) is 27.3. The van der Waals surface area contributed by atoms with E-state index in [9.17, 15) is 43.2 Å². The van der Waals surface area contributed by atoms with Crippen molar-refractivity contribution in [3.63, 3.8) is 0 Å². The van der Waals surface area contributed by atoms with Crippen LogP contribution in [-0.2, 0) is 65.4 Å². The summed E-state index contributed by atoms with van der Waals surface area (Å²) in [5.41, 5.74) is 0. The van der Waals surface area contributed by atoms with E-state index >= 15 is 0 Å². The number of unbranched alkanes of at least 4 members (excludes halogenated alkanes) is 29. The van der Waals surface area contributed by atoms with Crippen LogP contribution in [-0.4, -0.2) is 96.7 Å². The van der Waals surface area contributed by atoms with Crippen molar-refractivity contribution in [2.24, 2.45) is 17.8 Å². The molecule has 0 aliphatic carbocycles. The van der Waals surface area contributed by atoms with Crippen LogP contribution in [0.2, 0.25) is 0 Å². The first kappa shape index (κ1) is 81.1. The van der Waals surface area contributed by atoms with Crippen LogP contribution >= 0.6 is 15.6 Å². The molecule has 0 bridgehead atoms. The molecule has 17 nitrogen and oxygen atoms in total. The molecule has 0 aromatic carbocycles. The fourth-order valence-corrected chi connectivity index (χ4v) is 11.0. The van der Waals surface area contributed by atoms with Gasteiger partial charge in [0.1, 0.15) is 19.3 Å². The standard InChI is InChI=1S/C64H124O17P2/c1-8-10-11-12-13-14-18-23-33-40-47-63(68)81-60(52-75-62(67)46-39-32-27-26-29-36-43-56(5)6)54-79-83(72,73)77-50-58(65)49-76-82(70,71)78-53-59(51-74-61(66)45-38-31-25-20-21-28-35-42-55(3)4)80-64(69)48-41-34-24-19-16-15-17-22-30-37-44-57(7)9-2/h55-60,65H,8-54H2,1-7H3,(H,70,71)(H,72,73)/t57?,58-,59-,60-/m1/s1. The van der Waals surface area contributed by atoms with Crippen LogP contribution in [0, 0.1) is 17.8 Å². The van der Waals surface area contributed by atoms with Gasteiger partial charge in [0, 0.05) is 25.7 Å². The predicted octanol–water partition coefficient (Wildman–Crippen LogP) is 17.5. The zero-order chi connectivity index (χ0) is 61.7. The second kappa shape index (κ2) is 55.4. The number of rotatable bonds is 62. The Balaban J connectivity index is 5.24. The highest BCUT2D eigenvalue weighted by atomic mass is 31.2. The molecule has 0 radical (unpaired) electrons. The summed E-state index contributed by atoms with van der Waals surface area (Å²) in [6.07, 6.45) is 36.3. The minimum atomic E-state index is -4.94. The minimum absolute atomic E-state index is 0.105. The summed E-state index contributed by atoms with van der Waals surface area (Å²) >= 11 is 0. The van der Waals surface area contributed by atoms with Crippen molar-refractivity contribution in [1.82, 2.24) is 0 Å². The highest BCUT2D eigenvalue weighted by Gasteiger charge is 2.30. The molecule has 3 N–H and O–H groups in total. The van der Waals surface area contributed by atoms with Crippen LogP contribution < -0.4 is 0 Å². The molecule has 3 unspecified atom stereocenters. The Labute approximate surface area is 505 Å². The van der Waals surface area contributed by atoms with Crippen molar-refractivity contribution in [2.75, 3.05) is 39.6 Å². The van der Waals surface area contributed by atoms with Crippen LogP contribution in [0.25, 0.3) is 0 Å². The zero-order valence-electron chi connectivity index (χ0n) is 53.6. The maximum Gasteiger partial charge on any atom is 0.472 e. The molecule has 0 aliphatic rings. The van der Waals surface area contributed by atoms with Crippen molar-refractivity contribution in [3.05, 3.63) is 0 Å². The third kappa shape index (κ3) is 57.6. The molecule has 83 heavy (non-hydrogen) atoms. The van der Waals surface area contributed by atoms with Crippen LogP contribution in [0.4, 0.5) is 0 Å². The minimum Gasteiger partial charge on any atom is -0.462 e. The third-order valence-corrected chi connectivity index (χ3v) is 16.9. The number of carbonyl (C=O) groups excluding carboxylic acids is 4. The lowest BCUT2D eigenvalue weighted by Crippen LogP contribution is -2.30. The Bertz CT molecular complexity index is 1650. The van der Waals surface area contributed by atoms with Gasteiger partial charge >= 0.3 is 39.5 Å². The van der Waals surface area contributed by atoms with Crippen molar-refractivity contribution >= 4 is 39.5 Å². The Morgan fingerprint density at radius 1 is 0.349 bits per heavy atom. The highest BCUT2D eigenvalue weighted by molar-refractivity contribution is 7.47. The fraction of sp³-hybridized carbons (Fsp3) is 0.938. The number of hydrogen-bond donors (Lipinski definition) is 3. The summed E-state index contributed by atoms with van der Waals surface area (Å²) in [6, 6.07) is 0. The quantitative estimate of drug-likeness (QED) is 0.0222. The molecule has 0 saturated carbocycles. The maximum absolute atomic E-state index is 13.0. The molecular weight excluding hydrogens is 1100 g/mol. The van der Waals surface area contributed by atoms with Gasteiger partial charge in [-0.1, -0.05) is 260 Å². The van der Waals surface area contributed by atoms with E-state index in [1.807, 2.05) is 0 Å². The molecule has 19 heteroatoms. The summed E-state index contributed by atoms with van der Waals surface area (Å²) in [6.45, 7) is 11.7. The SMILES string of the molecule is CCCCCCCCCCCCC(=O)O[C@H](COC(=O)CCCCCCCCC(C)C)COP(=O)(O)OC[C@H](O)COP(=O)(O)OC[C@@H](COC(=O)CCCCCCCCCC(C)C)OC(=O)CCCCCCCCCCCCC(C)CC. The van der Waals surface area contributed by atoms with Gasteiger partial charge in [-0.05, 0) is 43.4 Å². The first-order chi connectivity index (χ1) is 39.8. The molecule has 0 rings (SSSR count). The first-order valence-electron chi connectivity index (χ1n) is 33.4. The third-order valence-electron chi connectivity index (χ3n) is 15.0. The molecule has 0 aromatic rings. The number of phosphoric acid groups is 2. The van der Waals surface area contributed by atoms with E-state index in [1.54, 1.807) is 0 Å².